The molecule has 0 saturated heterocycles. The molecule has 0 aromatic carbocycles. The van der Waals surface area contributed by atoms with Crippen LogP contribution in [0.5, 0.6) is 0 Å². The van der Waals surface area contributed by atoms with E-state index in [2.05, 4.69) is 4.99 Å². The summed E-state index contributed by atoms with van der Waals surface area (Å²) in [6.07, 6.45) is 0. The lowest BCUT2D eigenvalue weighted by molar-refractivity contribution is -0.161. The van der Waals surface area contributed by atoms with Crippen molar-refractivity contribution in [1.82, 2.24) is 5.06 Å². The van der Waals surface area contributed by atoms with Gasteiger partial charge < -0.3 is 11.5 Å². The number of aliphatic imine (C=N–C) groups is 1. The number of carbonyl (C=O) groups is 1. The fraction of sp³-hybridized carbons (Fsp3) is 0.600. The molecule has 1 amide bonds. The zero-order valence-electron chi connectivity index (χ0n) is 6.32. The minimum atomic E-state index is -0.434. The predicted molar refractivity (Wildman–Crippen MR) is 39.9 cm³/mol. The molecule has 6 heteroatoms. The van der Waals surface area contributed by atoms with Gasteiger partial charge in [-0.2, -0.15) is 0 Å². The van der Waals surface area contributed by atoms with Crippen molar-refractivity contribution in [3.05, 3.63) is 0 Å². The second kappa shape index (κ2) is 4.51. The van der Waals surface area contributed by atoms with Gasteiger partial charge in [0.15, 0.2) is 5.96 Å². The smallest absolute Gasteiger partial charge is 0.242 e. The van der Waals surface area contributed by atoms with Crippen LogP contribution in [0, 0.1) is 0 Å². The first-order valence-corrected chi connectivity index (χ1v) is 3.06. The van der Waals surface area contributed by atoms with Crippen molar-refractivity contribution in [1.29, 1.82) is 0 Å². The molecule has 0 unspecified atom stereocenters. The highest BCUT2D eigenvalue weighted by Gasteiger charge is 2.01. The van der Waals surface area contributed by atoms with Crippen LogP contribution in [-0.4, -0.2) is 35.2 Å². The van der Waals surface area contributed by atoms with Crippen LogP contribution in [0.1, 0.15) is 6.92 Å². The maximum atomic E-state index is 10.4. The van der Waals surface area contributed by atoms with Gasteiger partial charge in [0.25, 0.3) is 0 Å². The molecule has 0 saturated carbocycles. The van der Waals surface area contributed by atoms with E-state index in [0.29, 0.717) is 5.06 Å². The highest BCUT2D eigenvalue weighted by atomic mass is 16.5. The van der Waals surface area contributed by atoms with Crippen LogP contribution >= 0.6 is 0 Å². The van der Waals surface area contributed by atoms with E-state index in [1.54, 1.807) is 0 Å². The van der Waals surface area contributed by atoms with Crippen LogP contribution in [0.4, 0.5) is 0 Å². The van der Waals surface area contributed by atoms with Gasteiger partial charge in [0.1, 0.15) is 0 Å². The summed E-state index contributed by atoms with van der Waals surface area (Å²) in [5.41, 5.74) is 9.99. The van der Waals surface area contributed by atoms with Crippen molar-refractivity contribution >= 4 is 11.9 Å². The van der Waals surface area contributed by atoms with E-state index in [-0.39, 0.29) is 19.0 Å². The molecule has 0 aliphatic rings. The van der Waals surface area contributed by atoms with Crippen LogP contribution < -0.4 is 11.5 Å². The molecular formula is C5H12N4O2. The van der Waals surface area contributed by atoms with Crippen LogP contribution in [0.25, 0.3) is 0 Å². The lowest BCUT2D eigenvalue weighted by atomic mass is 10.6. The molecule has 0 aromatic rings. The molecule has 5 N–H and O–H groups in total. The lowest BCUT2D eigenvalue weighted by Gasteiger charge is -2.09. The van der Waals surface area contributed by atoms with E-state index in [1.165, 1.54) is 6.92 Å². The molecule has 64 valence electrons. The maximum absolute atomic E-state index is 10.4. The summed E-state index contributed by atoms with van der Waals surface area (Å²) in [6, 6.07) is 0. The number of hydroxylamine groups is 2. The summed E-state index contributed by atoms with van der Waals surface area (Å²) in [6.45, 7) is 1.56. The summed E-state index contributed by atoms with van der Waals surface area (Å²) in [7, 11) is 0. The Morgan fingerprint density at radius 1 is 1.64 bits per heavy atom. The van der Waals surface area contributed by atoms with E-state index < -0.39 is 5.91 Å². The van der Waals surface area contributed by atoms with Crippen molar-refractivity contribution in [3.8, 4) is 0 Å². The predicted octanol–water partition coefficient (Wildman–Crippen LogP) is -1.50. The first-order valence-electron chi connectivity index (χ1n) is 3.06. The molecule has 11 heavy (non-hydrogen) atoms. The number of hydrogen-bond donors (Lipinski definition) is 3. The number of guanidine groups is 1. The molecule has 6 nitrogen and oxygen atoms in total. The normalized spacial score (nSPS) is 8.91. The van der Waals surface area contributed by atoms with Crippen LogP contribution in [0.3, 0.4) is 0 Å². The lowest BCUT2D eigenvalue weighted by Crippen LogP contribution is -2.29. The van der Waals surface area contributed by atoms with Gasteiger partial charge in [-0.05, 0) is 0 Å². The number of carbonyl (C=O) groups excluding carboxylic acids is 1. The fourth-order valence-corrected chi connectivity index (χ4v) is 0.431. The van der Waals surface area contributed by atoms with E-state index in [4.69, 9.17) is 16.7 Å². The van der Waals surface area contributed by atoms with Gasteiger partial charge in [0, 0.05) is 6.92 Å². The van der Waals surface area contributed by atoms with Gasteiger partial charge in [0.2, 0.25) is 5.91 Å². The minimum absolute atomic E-state index is 0.0537. The average molecular weight is 160 g/mol. The standard InChI is InChI=1S/C5H12N4O2/c1-4(10)9(11)3-2-8-5(6)7/h11H,2-3H2,1H3,(H4,6,7,8). The van der Waals surface area contributed by atoms with Gasteiger partial charge in [0.05, 0.1) is 13.1 Å². The highest BCUT2D eigenvalue weighted by molar-refractivity contribution is 5.75. The largest absolute Gasteiger partial charge is 0.370 e. The molecule has 0 rings (SSSR count). The minimum Gasteiger partial charge on any atom is -0.370 e. The van der Waals surface area contributed by atoms with Crippen molar-refractivity contribution < 1.29 is 10.0 Å². The summed E-state index contributed by atoms with van der Waals surface area (Å²) in [5, 5.41) is 9.32. The summed E-state index contributed by atoms with van der Waals surface area (Å²) >= 11 is 0. The molecule has 0 aromatic heterocycles. The third-order valence-corrected chi connectivity index (χ3v) is 0.970. The monoisotopic (exact) mass is 160 g/mol. The van der Waals surface area contributed by atoms with Crippen LogP contribution in [0.15, 0.2) is 4.99 Å². The van der Waals surface area contributed by atoms with Gasteiger partial charge in [-0.15, -0.1) is 0 Å². The van der Waals surface area contributed by atoms with Gasteiger partial charge in [-0.1, -0.05) is 0 Å². The molecule has 0 spiro atoms. The number of amides is 1. The Balaban J connectivity index is 3.55. The zero-order chi connectivity index (χ0) is 8.85. The molecular weight excluding hydrogens is 148 g/mol. The van der Waals surface area contributed by atoms with Crippen LogP contribution in [0.2, 0.25) is 0 Å². The van der Waals surface area contributed by atoms with E-state index in [1.807, 2.05) is 0 Å². The van der Waals surface area contributed by atoms with E-state index in [0.717, 1.165) is 0 Å². The molecule has 0 fully saturated rings. The number of nitrogens with zero attached hydrogens (tertiary/aromatic N) is 2. The van der Waals surface area contributed by atoms with Crippen molar-refractivity contribution in [3.63, 3.8) is 0 Å². The molecule has 0 radical (unpaired) electrons. The summed E-state index contributed by atoms with van der Waals surface area (Å²) in [4.78, 5) is 13.9. The Labute approximate surface area is 64.4 Å². The van der Waals surface area contributed by atoms with Crippen molar-refractivity contribution in [2.45, 2.75) is 6.92 Å². The number of rotatable bonds is 3. The van der Waals surface area contributed by atoms with Gasteiger partial charge >= 0.3 is 0 Å². The van der Waals surface area contributed by atoms with Crippen molar-refractivity contribution in [2.24, 2.45) is 16.5 Å². The Morgan fingerprint density at radius 2 is 2.18 bits per heavy atom. The molecule has 0 heterocycles. The van der Waals surface area contributed by atoms with Crippen molar-refractivity contribution in [2.75, 3.05) is 13.1 Å². The third-order valence-electron chi connectivity index (χ3n) is 0.970. The Kier molecular flexibility index (Phi) is 3.97. The second-order valence-electron chi connectivity index (χ2n) is 1.95. The van der Waals surface area contributed by atoms with E-state index in [9.17, 15) is 4.79 Å². The topological polar surface area (TPSA) is 105 Å². The summed E-state index contributed by atoms with van der Waals surface area (Å²) < 4.78 is 0. The van der Waals surface area contributed by atoms with Gasteiger partial charge in [-0.25, -0.2) is 5.06 Å². The Hall–Kier alpha value is -1.30. The molecule has 0 bridgehead atoms. The van der Waals surface area contributed by atoms with Crippen LogP contribution in [-0.2, 0) is 4.79 Å². The van der Waals surface area contributed by atoms with Gasteiger partial charge in [-0.3, -0.25) is 15.0 Å². The van der Waals surface area contributed by atoms with E-state index >= 15 is 0 Å². The third kappa shape index (κ3) is 5.16. The quantitative estimate of drug-likeness (QED) is 0.202. The first kappa shape index (κ1) is 9.70. The Morgan fingerprint density at radius 3 is 2.55 bits per heavy atom. The maximum Gasteiger partial charge on any atom is 0.242 e. The molecule has 0 aliphatic heterocycles. The average Bonchev–Trinajstić information content (AvgIpc) is 1.86. The highest BCUT2D eigenvalue weighted by Crippen LogP contribution is 1.81. The number of hydrogen-bond acceptors (Lipinski definition) is 3. The zero-order valence-corrected chi connectivity index (χ0v) is 6.32. The number of nitrogens with two attached hydrogens (primary N) is 2. The Bertz CT molecular complexity index is 164. The SMILES string of the molecule is CC(=O)N(O)CCN=C(N)N. The molecule has 0 atom stereocenters. The second-order valence-corrected chi connectivity index (χ2v) is 1.95. The molecule has 0 aliphatic carbocycles. The fourth-order valence-electron chi connectivity index (χ4n) is 0.431. The first-order chi connectivity index (χ1) is 5.04. The summed E-state index contributed by atoms with van der Waals surface area (Å²) in [5.74, 6) is -0.488.